The van der Waals surface area contributed by atoms with Gasteiger partial charge in [-0.15, -0.1) is 0 Å². The number of halogens is 1. The largest absolute Gasteiger partial charge is 0.393 e. The Hall–Kier alpha value is -1.23. The Bertz CT molecular complexity index is 318. The Morgan fingerprint density at radius 3 is 2.93 bits per heavy atom. The van der Waals surface area contributed by atoms with Crippen molar-refractivity contribution in [1.29, 1.82) is 0 Å². The Labute approximate surface area is 88.6 Å². The van der Waals surface area contributed by atoms with Gasteiger partial charge in [0, 0.05) is 6.54 Å². The van der Waals surface area contributed by atoms with Crippen molar-refractivity contribution in [1.82, 2.24) is 9.97 Å². The van der Waals surface area contributed by atoms with E-state index < -0.39 is 5.82 Å². The van der Waals surface area contributed by atoms with E-state index in [4.69, 9.17) is 5.11 Å². The normalized spacial score (nSPS) is 12.5. The van der Waals surface area contributed by atoms with Crippen molar-refractivity contribution in [2.24, 2.45) is 0 Å². The minimum Gasteiger partial charge on any atom is -0.393 e. The van der Waals surface area contributed by atoms with Crippen molar-refractivity contribution >= 4 is 5.82 Å². The quantitative estimate of drug-likeness (QED) is 0.728. The van der Waals surface area contributed by atoms with Crippen LogP contribution in [0.5, 0.6) is 0 Å². The highest BCUT2D eigenvalue weighted by molar-refractivity contribution is 5.36. The zero-order valence-electron chi connectivity index (χ0n) is 9.00. The molecule has 15 heavy (non-hydrogen) atoms. The average molecular weight is 213 g/mol. The van der Waals surface area contributed by atoms with Crippen LogP contribution in [0.15, 0.2) is 6.33 Å². The molecule has 1 heterocycles. The molecule has 1 rings (SSSR count). The molecular weight excluding hydrogens is 197 g/mol. The molecule has 84 valence electrons. The second kappa shape index (κ2) is 5.60. The molecule has 1 aromatic heterocycles. The summed E-state index contributed by atoms with van der Waals surface area (Å²) in [4.78, 5) is 7.53. The van der Waals surface area contributed by atoms with Crippen LogP contribution >= 0.6 is 0 Å². The molecule has 1 unspecified atom stereocenters. The van der Waals surface area contributed by atoms with Gasteiger partial charge in [-0.3, -0.25) is 0 Å². The molecule has 0 aromatic carbocycles. The number of nitrogens with zero attached hydrogens (tertiary/aromatic N) is 2. The lowest BCUT2D eigenvalue weighted by Gasteiger charge is -2.07. The topological polar surface area (TPSA) is 58.0 Å². The van der Waals surface area contributed by atoms with Crippen molar-refractivity contribution in [3.63, 3.8) is 0 Å². The SMILES string of the molecule is Cc1ncnc(NCCCC(C)O)c1F. The van der Waals surface area contributed by atoms with Gasteiger partial charge < -0.3 is 10.4 Å². The van der Waals surface area contributed by atoms with E-state index in [2.05, 4.69) is 15.3 Å². The summed E-state index contributed by atoms with van der Waals surface area (Å²) in [6.07, 6.45) is 2.48. The Balaban J connectivity index is 2.41. The Morgan fingerprint density at radius 1 is 1.53 bits per heavy atom. The molecule has 0 aliphatic rings. The molecule has 1 aromatic rings. The second-order valence-corrected chi connectivity index (χ2v) is 3.54. The number of hydrogen-bond donors (Lipinski definition) is 2. The summed E-state index contributed by atoms with van der Waals surface area (Å²) < 4.78 is 13.4. The van der Waals surface area contributed by atoms with E-state index in [0.29, 0.717) is 18.7 Å². The van der Waals surface area contributed by atoms with E-state index in [0.717, 1.165) is 6.42 Å². The van der Waals surface area contributed by atoms with E-state index >= 15 is 0 Å². The van der Waals surface area contributed by atoms with Gasteiger partial charge in [0.25, 0.3) is 0 Å². The molecule has 0 amide bonds. The lowest BCUT2D eigenvalue weighted by molar-refractivity contribution is 0.183. The smallest absolute Gasteiger partial charge is 0.186 e. The Kier molecular flexibility index (Phi) is 4.42. The summed E-state index contributed by atoms with van der Waals surface area (Å²) in [5.74, 6) is -0.178. The van der Waals surface area contributed by atoms with Gasteiger partial charge in [-0.1, -0.05) is 0 Å². The molecule has 0 aliphatic heterocycles. The standard InChI is InChI=1S/C10H16FN3O/c1-7(15)4-3-5-12-10-9(11)8(2)13-6-14-10/h6-7,15H,3-5H2,1-2H3,(H,12,13,14). The highest BCUT2D eigenvalue weighted by Gasteiger charge is 2.06. The number of aryl methyl sites for hydroxylation is 1. The minimum absolute atomic E-state index is 0.230. The van der Waals surface area contributed by atoms with Crippen molar-refractivity contribution in [2.75, 3.05) is 11.9 Å². The lowest BCUT2D eigenvalue weighted by Crippen LogP contribution is -2.09. The maximum atomic E-state index is 13.4. The molecule has 0 saturated carbocycles. The number of hydrogen-bond acceptors (Lipinski definition) is 4. The van der Waals surface area contributed by atoms with Gasteiger partial charge in [0.1, 0.15) is 6.33 Å². The fourth-order valence-corrected chi connectivity index (χ4v) is 1.19. The first-order chi connectivity index (χ1) is 7.11. The number of aromatic nitrogens is 2. The van der Waals surface area contributed by atoms with Crippen LogP contribution in [0.3, 0.4) is 0 Å². The Morgan fingerprint density at radius 2 is 2.27 bits per heavy atom. The van der Waals surface area contributed by atoms with Gasteiger partial charge in [0.2, 0.25) is 0 Å². The summed E-state index contributed by atoms with van der Waals surface area (Å²) in [5, 5.41) is 11.9. The van der Waals surface area contributed by atoms with Crippen molar-refractivity contribution in [3.8, 4) is 0 Å². The van der Waals surface area contributed by atoms with Crippen LogP contribution in [-0.4, -0.2) is 27.7 Å². The van der Waals surface area contributed by atoms with Crippen LogP contribution in [0.1, 0.15) is 25.5 Å². The molecular formula is C10H16FN3O. The first-order valence-corrected chi connectivity index (χ1v) is 5.00. The summed E-state index contributed by atoms with van der Waals surface area (Å²) in [6.45, 7) is 3.92. The zero-order valence-corrected chi connectivity index (χ0v) is 9.00. The minimum atomic E-state index is -0.408. The number of aliphatic hydroxyl groups excluding tert-OH is 1. The van der Waals surface area contributed by atoms with Gasteiger partial charge in [-0.2, -0.15) is 0 Å². The van der Waals surface area contributed by atoms with Gasteiger partial charge in [-0.25, -0.2) is 14.4 Å². The zero-order chi connectivity index (χ0) is 11.3. The molecule has 0 spiro atoms. The molecule has 0 bridgehead atoms. The van der Waals surface area contributed by atoms with E-state index in [1.807, 2.05) is 0 Å². The summed E-state index contributed by atoms with van der Waals surface area (Å²) in [7, 11) is 0. The van der Waals surface area contributed by atoms with E-state index in [9.17, 15) is 4.39 Å². The number of anilines is 1. The number of rotatable bonds is 5. The van der Waals surface area contributed by atoms with Crippen molar-refractivity contribution < 1.29 is 9.50 Å². The average Bonchev–Trinajstić information content (AvgIpc) is 2.18. The fraction of sp³-hybridized carbons (Fsp3) is 0.600. The molecule has 4 nitrogen and oxygen atoms in total. The molecule has 0 aliphatic carbocycles. The van der Waals surface area contributed by atoms with Crippen LogP contribution in [0.25, 0.3) is 0 Å². The summed E-state index contributed by atoms with van der Waals surface area (Å²) in [6, 6.07) is 0. The van der Waals surface area contributed by atoms with E-state index in [1.54, 1.807) is 13.8 Å². The maximum absolute atomic E-state index is 13.4. The van der Waals surface area contributed by atoms with Gasteiger partial charge >= 0.3 is 0 Å². The van der Waals surface area contributed by atoms with Crippen LogP contribution in [0.4, 0.5) is 10.2 Å². The van der Waals surface area contributed by atoms with Crippen LogP contribution < -0.4 is 5.32 Å². The van der Waals surface area contributed by atoms with Gasteiger partial charge in [-0.05, 0) is 26.7 Å². The molecule has 0 fully saturated rings. The molecule has 1 atom stereocenters. The van der Waals surface area contributed by atoms with E-state index in [-0.39, 0.29) is 11.9 Å². The third-order valence-corrected chi connectivity index (χ3v) is 2.05. The van der Waals surface area contributed by atoms with Gasteiger partial charge in [0.05, 0.1) is 11.8 Å². The van der Waals surface area contributed by atoms with Crippen LogP contribution in [0.2, 0.25) is 0 Å². The number of aliphatic hydroxyl groups is 1. The van der Waals surface area contributed by atoms with E-state index in [1.165, 1.54) is 6.33 Å². The molecule has 5 heteroatoms. The first-order valence-electron chi connectivity index (χ1n) is 5.00. The highest BCUT2D eigenvalue weighted by atomic mass is 19.1. The van der Waals surface area contributed by atoms with Crippen LogP contribution in [0, 0.1) is 12.7 Å². The molecule has 0 saturated heterocycles. The lowest BCUT2D eigenvalue weighted by atomic mass is 10.2. The predicted molar refractivity (Wildman–Crippen MR) is 56.1 cm³/mol. The van der Waals surface area contributed by atoms with Gasteiger partial charge in [0.15, 0.2) is 11.6 Å². The van der Waals surface area contributed by atoms with Crippen LogP contribution in [-0.2, 0) is 0 Å². The molecule has 0 radical (unpaired) electrons. The first kappa shape index (κ1) is 11.8. The predicted octanol–water partition coefficient (Wildman–Crippen LogP) is 1.50. The third-order valence-electron chi connectivity index (χ3n) is 2.05. The molecule has 2 N–H and O–H groups in total. The number of nitrogens with one attached hydrogen (secondary N) is 1. The maximum Gasteiger partial charge on any atom is 0.186 e. The summed E-state index contributed by atoms with van der Waals surface area (Å²) in [5.41, 5.74) is 0.336. The summed E-state index contributed by atoms with van der Waals surface area (Å²) >= 11 is 0. The second-order valence-electron chi connectivity index (χ2n) is 3.54. The monoisotopic (exact) mass is 213 g/mol. The van der Waals surface area contributed by atoms with Crippen molar-refractivity contribution in [3.05, 3.63) is 17.8 Å². The fourth-order valence-electron chi connectivity index (χ4n) is 1.19. The van der Waals surface area contributed by atoms with Crippen molar-refractivity contribution in [2.45, 2.75) is 32.8 Å². The highest BCUT2D eigenvalue weighted by Crippen LogP contribution is 2.11. The third kappa shape index (κ3) is 3.79.